The minimum absolute atomic E-state index is 0.267. The van der Waals surface area contributed by atoms with E-state index in [-0.39, 0.29) is 17.0 Å². The number of halogens is 2. The number of nitrogens with one attached hydrogen (secondary N) is 1. The molecule has 0 saturated heterocycles. The second-order valence-electron chi connectivity index (χ2n) is 5.61. The van der Waals surface area contributed by atoms with Crippen molar-refractivity contribution in [1.82, 2.24) is 5.32 Å². The highest BCUT2D eigenvalue weighted by molar-refractivity contribution is 9.10. The van der Waals surface area contributed by atoms with Crippen LogP contribution in [-0.2, 0) is 16.2 Å². The van der Waals surface area contributed by atoms with Crippen LogP contribution in [0.2, 0.25) is 0 Å². The highest BCUT2D eigenvalue weighted by atomic mass is 79.9. The number of hydrogen-bond acceptors (Lipinski definition) is 4. The summed E-state index contributed by atoms with van der Waals surface area (Å²) in [4.78, 5) is 27.5. The van der Waals surface area contributed by atoms with E-state index in [2.05, 4.69) is 42.2 Å². The zero-order valence-corrected chi connectivity index (χ0v) is 18.2. The second kappa shape index (κ2) is 8.86. The summed E-state index contributed by atoms with van der Waals surface area (Å²) < 4.78 is 7.82. The van der Waals surface area contributed by atoms with Crippen molar-refractivity contribution < 1.29 is 14.3 Å². The van der Waals surface area contributed by atoms with Gasteiger partial charge in [0.05, 0.1) is 4.91 Å². The van der Waals surface area contributed by atoms with Crippen molar-refractivity contribution in [1.29, 1.82) is 0 Å². The van der Waals surface area contributed by atoms with Gasteiger partial charge in [-0.2, -0.15) is 4.99 Å². The van der Waals surface area contributed by atoms with Crippen LogP contribution in [-0.4, -0.2) is 17.0 Å². The number of ether oxygens (including phenoxy) is 1. The Balaban J connectivity index is 1.79. The van der Waals surface area contributed by atoms with E-state index in [9.17, 15) is 9.59 Å². The first-order valence-electron chi connectivity index (χ1n) is 7.87. The molecule has 1 aliphatic heterocycles. The molecule has 0 radical (unpaired) electrons. The highest BCUT2D eigenvalue weighted by Crippen LogP contribution is 2.32. The summed E-state index contributed by atoms with van der Waals surface area (Å²) in [6, 6.07) is 13.5. The number of amides is 2. The van der Waals surface area contributed by atoms with Gasteiger partial charge in [0.25, 0.3) is 5.91 Å². The Bertz CT molecular complexity index is 956. The summed E-state index contributed by atoms with van der Waals surface area (Å²) in [7, 11) is 0. The van der Waals surface area contributed by atoms with Crippen LogP contribution < -0.4 is 10.1 Å². The van der Waals surface area contributed by atoms with E-state index in [4.69, 9.17) is 4.74 Å². The van der Waals surface area contributed by atoms with Crippen LogP contribution in [0.3, 0.4) is 0 Å². The highest BCUT2D eigenvalue weighted by Gasteiger charge is 2.23. The molecule has 2 aromatic rings. The van der Waals surface area contributed by atoms with Crippen molar-refractivity contribution in [3.05, 3.63) is 67.4 Å². The first kappa shape index (κ1) is 19.9. The number of rotatable bonds is 4. The molecule has 1 N–H and O–H groups in total. The van der Waals surface area contributed by atoms with Crippen molar-refractivity contribution in [2.45, 2.75) is 13.5 Å². The van der Waals surface area contributed by atoms with Crippen LogP contribution in [0.4, 0.5) is 0 Å². The molecule has 0 bridgehead atoms. The lowest BCUT2D eigenvalue weighted by atomic mass is 10.2. The number of nitrogens with zero attached hydrogens (tertiary/aromatic N) is 1. The maximum Gasteiger partial charge on any atom is 0.286 e. The lowest BCUT2D eigenvalue weighted by Crippen LogP contribution is -2.23. The van der Waals surface area contributed by atoms with Crippen molar-refractivity contribution in [2.24, 2.45) is 4.99 Å². The Labute approximate surface area is 177 Å². The zero-order chi connectivity index (χ0) is 19.4. The first-order chi connectivity index (χ1) is 12.9. The van der Waals surface area contributed by atoms with Gasteiger partial charge in [0, 0.05) is 21.4 Å². The maximum absolute atomic E-state index is 12.1. The Morgan fingerprint density at radius 3 is 2.59 bits per heavy atom. The number of thioether (sulfide) groups is 1. The number of amidine groups is 1. The minimum atomic E-state index is -0.386. The second-order valence-corrected chi connectivity index (χ2v) is 8.47. The normalized spacial score (nSPS) is 15.0. The van der Waals surface area contributed by atoms with E-state index in [1.165, 1.54) is 6.92 Å². The molecule has 3 rings (SSSR count). The van der Waals surface area contributed by atoms with Crippen molar-refractivity contribution in [3.63, 3.8) is 0 Å². The van der Waals surface area contributed by atoms with Gasteiger partial charge in [0.15, 0.2) is 5.17 Å². The molecule has 27 heavy (non-hydrogen) atoms. The largest absolute Gasteiger partial charge is 0.488 e. The molecule has 0 aromatic heterocycles. The number of carbonyl (C=O) groups excluding carboxylic acids is 2. The van der Waals surface area contributed by atoms with Crippen LogP contribution in [0.1, 0.15) is 18.1 Å². The number of benzene rings is 2. The quantitative estimate of drug-likeness (QED) is 0.595. The Morgan fingerprint density at radius 2 is 1.89 bits per heavy atom. The van der Waals surface area contributed by atoms with Crippen molar-refractivity contribution in [3.8, 4) is 5.75 Å². The van der Waals surface area contributed by atoms with Gasteiger partial charge < -0.3 is 10.1 Å². The van der Waals surface area contributed by atoms with Gasteiger partial charge in [-0.05, 0) is 53.7 Å². The van der Waals surface area contributed by atoms with Gasteiger partial charge in [-0.25, -0.2) is 0 Å². The van der Waals surface area contributed by atoms with Gasteiger partial charge in [-0.3, -0.25) is 9.59 Å². The fraction of sp³-hybridized carbons (Fsp3) is 0.105. The lowest BCUT2D eigenvalue weighted by Gasteiger charge is -2.10. The summed E-state index contributed by atoms with van der Waals surface area (Å²) in [6.07, 6.45) is 1.72. The minimum Gasteiger partial charge on any atom is -0.488 e. The van der Waals surface area contributed by atoms with Gasteiger partial charge in [-0.15, -0.1) is 0 Å². The van der Waals surface area contributed by atoms with Gasteiger partial charge >= 0.3 is 0 Å². The van der Waals surface area contributed by atoms with Crippen molar-refractivity contribution >= 4 is 66.7 Å². The van der Waals surface area contributed by atoms with Crippen LogP contribution >= 0.6 is 43.6 Å². The third-order valence-electron chi connectivity index (χ3n) is 3.47. The summed E-state index contributed by atoms with van der Waals surface area (Å²) >= 11 is 7.98. The number of aliphatic imine (C=N–C) groups is 1. The van der Waals surface area contributed by atoms with Crippen molar-refractivity contribution in [2.75, 3.05) is 0 Å². The average Bonchev–Trinajstić information content (AvgIpc) is 2.94. The molecule has 2 aromatic carbocycles. The molecule has 0 spiro atoms. The molecule has 1 aliphatic rings. The molecule has 0 fully saturated rings. The topological polar surface area (TPSA) is 67.8 Å². The molecular weight excluding hydrogens is 496 g/mol. The predicted octanol–water partition coefficient (Wildman–Crippen LogP) is 4.90. The molecule has 138 valence electrons. The van der Waals surface area contributed by atoms with E-state index in [1.54, 1.807) is 6.08 Å². The summed E-state index contributed by atoms with van der Waals surface area (Å²) in [5, 5.41) is 2.82. The van der Waals surface area contributed by atoms with Crippen LogP contribution in [0.5, 0.6) is 5.75 Å². The van der Waals surface area contributed by atoms with Crippen LogP contribution in [0.15, 0.2) is 61.3 Å². The lowest BCUT2D eigenvalue weighted by molar-refractivity contribution is -0.117. The number of carbonyl (C=O) groups is 2. The third kappa shape index (κ3) is 5.54. The standard InChI is InChI=1S/C19H14Br2N2O3S/c1-11(24)22-19-23-18(25)17(27-19)9-13-8-15(21)6-7-16(13)26-10-12-2-4-14(20)5-3-12/h2-9H,10H2,1H3,(H,22,23,24,25)/b17-9-. The third-order valence-corrected chi connectivity index (χ3v) is 5.39. The monoisotopic (exact) mass is 508 g/mol. The molecule has 0 saturated carbocycles. The molecule has 2 amide bonds. The molecule has 0 aliphatic carbocycles. The fourth-order valence-corrected chi connectivity index (χ4v) is 3.75. The van der Waals surface area contributed by atoms with E-state index in [1.807, 2.05) is 42.5 Å². The predicted molar refractivity (Wildman–Crippen MR) is 114 cm³/mol. The van der Waals surface area contributed by atoms with Gasteiger partial charge in [0.1, 0.15) is 12.4 Å². The first-order valence-corrected chi connectivity index (χ1v) is 10.3. The van der Waals surface area contributed by atoms with E-state index < -0.39 is 0 Å². The van der Waals surface area contributed by atoms with E-state index >= 15 is 0 Å². The van der Waals surface area contributed by atoms with Gasteiger partial charge in [0.2, 0.25) is 5.91 Å². The van der Waals surface area contributed by atoms with E-state index in [0.29, 0.717) is 17.3 Å². The SMILES string of the molecule is CC(=O)NC1=NC(=O)/C(=C/c2cc(Br)ccc2OCc2ccc(Br)cc2)S1. The average molecular weight is 510 g/mol. The van der Waals surface area contributed by atoms with Gasteiger partial charge in [-0.1, -0.05) is 44.0 Å². The Hall–Kier alpha value is -1.90. The Morgan fingerprint density at radius 1 is 1.19 bits per heavy atom. The molecule has 1 heterocycles. The fourth-order valence-electron chi connectivity index (χ4n) is 2.26. The summed E-state index contributed by atoms with van der Waals surface area (Å²) in [5.74, 6) is -0.00569. The molecule has 8 heteroatoms. The zero-order valence-electron chi connectivity index (χ0n) is 14.2. The molecule has 5 nitrogen and oxygen atoms in total. The van der Waals surface area contributed by atoms with Crippen LogP contribution in [0.25, 0.3) is 6.08 Å². The van der Waals surface area contributed by atoms with E-state index in [0.717, 1.165) is 31.8 Å². The molecule has 0 atom stereocenters. The van der Waals surface area contributed by atoms with Crippen LogP contribution in [0, 0.1) is 0 Å². The summed E-state index contributed by atoms with van der Waals surface area (Å²) in [6.45, 7) is 1.78. The maximum atomic E-state index is 12.1. The molecular formula is C19H14Br2N2O3S. The summed E-state index contributed by atoms with van der Waals surface area (Å²) in [5.41, 5.74) is 1.78. The Kier molecular flexibility index (Phi) is 6.51. The molecule has 0 unspecified atom stereocenters. The smallest absolute Gasteiger partial charge is 0.286 e. The number of hydrogen-bond donors (Lipinski definition) is 1.